The molecule has 1 N–H and O–H groups in total. The summed E-state index contributed by atoms with van der Waals surface area (Å²) in [7, 11) is 0. The zero-order valence-corrected chi connectivity index (χ0v) is 21.5. The number of furan rings is 1. The van der Waals surface area contributed by atoms with Gasteiger partial charge >= 0.3 is 0 Å². The van der Waals surface area contributed by atoms with Crippen molar-refractivity contribution >= 4 is 44.3 Å². The lowest BCUT2D eigenvalue weighted by Gasteiger charge is -2.36. The fraction of sp³-hybridized carbons (Fsp3) is 0.448. The van der Waals surface area contributed by atoms with Gasteiger partial charge in [-0.2, -0.15) is 4.37 Å². The van der Waals surface area contributed by atoms with Gasteiger partial charge < -0.3 is 14.6 Å². The third kappa shape index (κ3) is 5.13. The molecule has 2 aliphatic rings. The quantitative estimate of drug-likeness (QED) is 0.363. The first-order chi connectivity index (χ1) is 17.7. The van der Waals surface area contributed by atoms with Crippen LogP contribution in [-0.2, 0) is 11.2 Å². The Morgan fingerprint density at radius 3 is 2.56 bits per heavy atom. The highest BCUT2D eigenvalue weighted by atomic mass is 32.1. The van der Waals surface area contributed by atoms with Crippen LogP contribution in [0.3, 0.4) is 0 Å². The van der Waals surface area contributed by atoms with E-state index in [4.69, 9.17) is 8.79 Å². The SMILES string of the molecule is O=C(Cc1coc2ccccc12)NC1CCC(CCN2CCN(c3nsc4ccccc34)CC2)CC1. The van der Waals surface area contributed by atoms with E-state index in [0.29, 0.717) is 12.5 Å². The molecule has 0 radical (unpaired) electrons. The number of amides is 1. The Hall–Kier alpha value is -2.90. The molecule has 1 saturated heterocycles. The van der Waals surface area contributed by atoms with Gasteiger partial charge in [-0.25, -0.2) is 0 Å². The minimum absolute atomic E-state index is 0.107. The van der Waals surface area contributed by atoms with Crippen LogP contribution in [0.2, 0.25) is 0 Å². The van der Waals surface area contributed by atoms with Gasteiger partial charge in [0, 0.05) is 48.6 Å². The maximum atomic E-state index is 12.7. The highest BCUT2D eigenvalue weighted by molar-refractivity contribution is 7.13. The third-order valence-corrected chi connectivity index (χ3v) is 8.82. The molecule has 3 heterocycles. The Bertz CT molecular complexity index is 1320. The number of hydrogen-bond acceptors (Lipinski definition) is 6. The topological polar surface area (TPSA) is 61.6 Å². The van der Waals surface area contributed by atoms with Crippen LogP contribution in [0.25, 0.3) is 21.1 Å². The van der Waals surface area contributed by atoms with Crippen molar-refractivity contribution in [3.8, 4) is 0 Å². The molecule has 0 atom stereocenters. The molecule has 1 aliphatic heterocycles. The number of para-hydroxylation sites is 1. The molecular weight excluding hydrogens is 468 g/mol. The van der Waals surface area contributed by atoms with Crippen LogP contribution in [-0.4, -0.2) is 53.9 Å². The number of aromatic nitrogens is 1. The Labute approximate surface area is 216 Å². The maximum Gasteiger partial charge on any atom is 0.224 e. The van der Waals surface area contributed by atoms with Crippen molar-refractivity contribution in [3.63, 3.8) is 0 Å². The van der Waals surface area contributed by atoms with E-state index in [1.54, 1.807) is 17.8 Å². The average Bonchev–Trinajstić information content (AvgIpc) is 3.53. The Balaban J connectivity index is 0.911. The van der Waals surface area contributed by atoms with Gasteiger partial charge in [-0.15, -0.1) is 0 Å². The summed E-state index contributed by atoms with van der Waals surface area (Å²) in [4.78, 5) is 17.7. The summed E-state index contributed by atoms with van der Waals surface area (Å²) in [5.74, 6) is 2.05. The second-order valence-corrected chi connectivity index (χ2v) is 11.1. The van der Waals surface area contributed by atoms with Crippen molar-refractivity contribution < 1.29 is 9.21 Å². The van der Waals surface area contributed by atoms with E-state index >= 15 is 0 Å². The first-order valence-electron chi connectivity index (χ1n) is 13.3. The average molecular weight is 503 g/mol. The molecule has 188 valence electrons. The Morgan fingerprint density at radius 1 is 0.972 bits per heavy atom. The van der Waals surface area contributed by atoms with E-state index in [9.17, 15) is 4.79 Å². The second kappa shape index (κ2) is 10.6. The van der Waals surface area contributed by atoms with Crippen molar-refractivity contribution in [2.24, 2.45) is 5.92 Å². The standard InChI is InChI=1S/C29H34N4O2S/c34-28(19-22-20-35-26-7-3-1-5-24(22)26)30-23-11-9-21(10-12-23)13-14-32-15-17-33(18-16-32)29-25-6-2-4-8-27(25)36-31-29/h1-8,20-21,23H,9-19H2,(H,30,34). The van der Waals surface area contributed by atoms with E-state index in [2.05, 4.69) is 39.4 Å². The maximum absolute atomic E-state index is 12.7. The zero-order valence-electron chi connectivity index (χ0n) is 20.7. The molecular formula is C29H34N4O2S. The lowest BCUT2D eigenvalue weighted by molar-refractivity contribution is -0.121. The molecule has 1 saturated carbocycles. The van der Waals surface area contributed by atoms with Gasteiger partial charge in [0.1, 0.15) is 11.4 Å². The van der Waals surface area contributed by atoms with Crippen LogP contribution < -0.4 is 10.2 Å². The van der Waals surface area contributed by atoms with E-state index in [0.717, 1.165) is 67.3 Å². The number of benzene rings is 2. The number of piperazine rings is 1. The van der Waals surface area contributed by atoms with Crippen molar-refractivity contribution in [2.45, 2.75) is 44.6 Å². The van der Waals surface area contributed by atoms with Crippen LogP contribution in [0.4, 0.5) is 5.82 Å². The van der Waals surface area contributed by atoms with Gasteiger partial charge in [0.15, 0.2) is 0 Å². The van der Waals surface area contributed by atoms with E-state index in [-0.39, 0.29) is 5.91 Å². The Morgan fingerprint density at radius 2 is 1.72 bits per heavy atom. The lowest BCUT2D eigenvalue weighted by atomic mass is 9.84. The Kier molecular flexibility index (Phi) is 6.92. The predicted octanol–water partition coefficient (Wildman–Crippen LogP) is 5.47. The van der Waals surface area contributed by atoms with Crippen molar-refractivity contribution in [1.82, 2.24) is 14.6 Å². The fourth-order valence-electron chi connectivity index (χ4n) is 5.87. The number of hydrogen-bond donors (Lipinski definition) is 1. The number of rotatable bonds is 7. The first-order valence-corrected chi connectivity index (χ1v) is 14.1. The normalized spacial score (nSPS) is 21.3. The summed E-state index contributed by atoms with van der Waals surface area (Å²) in [6.45, 7) is 5.51. The molecule has 0 unspecified atom stereocenters. The summed E-state index contributed by atoms with van der Waals surface area (Å²) < 4.78 is 11.6. The van der Waals surface area contributed by atoms with E-state index in [1.807, 2.05) is 24.3 Å². The van der Waals surface area contributed by atoms with Gasteiger partial charge in [0.05, 0.1) is 17.4 Å². The third-order valence-electron chi connectivity index (χ3n) is 8.01. The minimum Gasteiger partial charge on any atom is -0.464 e. The van der Waals surface area contributed by atoms with Gasteiger partial charge in [-0.05, 0) is 74.3 Å². The van der Waals surface area contributed by atoms with Crippen LogP contribution in [0.15, 0.2) is 59.2 Å². The molecule has 2 aromatic carbocycles. The highest BCUT2D eigenvalue weighted by Gasteiger charge is 2.25. The summed E-state index contributed by atoms with van der Waals surface area (Å²) in [6.07, 6.45) is 7.98. The molecule has 0 bridgehead atoms. The number of carbonyl (C=O) groups is 1. The van der Waals surface area contributed by atoms with E-state index < -0.39 is 0 Å². The van der Waals surface area contributed by atoms with Gasteiger partial charge in [0.25, 0.3) is 0 Å². The number of fused-ring (bicyclic) bond motifs is 2. The van der Waals surface area contributed by atoms with Crippen molar-refractivity contribution in [3.05, 3.63) is 60.4 Å². The molecule has 7 heteroatoms. The van der Waals surface area contributed by atoms with Gasteiger partial charge in [-0.3, -0.25) is 9.69 Å². The zero-order chi connectivity index (χ0) is 24.3. The summed E-state index contributed by atoms with van der Waals surface area (Å²) in [6, 6.07) is 16.8. The second-order valence-electron chi connectivity index (χ2n) is 10.3. The molecule has 2 aromatic heterocycles. The summed E-state index contributed by atoms with van der Waals surface area (Å²) in [5, 5.41) is 5.61. The first kappa shape index (κ1) is 23.5. The largest absolute Gasteiger partial charge is 0.464 e. The highest BCUT2D eigenvalue weighted by Crippen LogP contribution is 2.31. The number of anilines is 1. The lowest BCUT2D eigenvalue weighted by Crippen LogP contribution is -2.47. The van der Waals surface area contributed by atoms with Crippen LogP contribution in [0.5, 0.6) is 0 Å². The van der Waals surface area contributed by atoms with Gasteiger partial charge in [-0.1, -0.05) is 30.3 Å². The number of nitrogens with one attached hydrogen (secondary N) is 1. The monoisotopic (exact) mass is 502 g/mol. The van der Waals surface area contributed by atoms with Crippen LogP contribution in [0, 0.1) is 5.92 Å². The molecule has 2 fully saturated rings. The molecule has 4 aromatic rings. The molecule has 0 spiro atoms. The number of carbonyl (C=O) groups excluding carboxylic acids is 1. The summed E-state index contributed by atoms with van der Waals surface area (Å²) in [5.41, 5.74) is 1.82. The smallest absolute Gasteiger partial charge is 0.224 e. The molecule has 6 rings (SSSR count). The summed E-state index contributed by atoms with van der Waals surface area (Å²) >= 11 is 1.61. The molecule has 6 nitrogen and oxygen atoms in total. The number of nitrogens with zero attached hydrogens (tertiary/aromatic N) is 3. The minimum atomic E-state index is 0.107. The fourth-order valence-corrected chi connectivity index (χ4v) is 6.66. The molecule has 1 aliphatic carbocycles. The van der Waals surface area contributed by atoms with Crippen LogP contribution in [0.1, 0.15) is 37.7 Å². The van der Waals surface area contributed by atoms with Gasteiger partial charge in [0.2, 0.25) is 5.91 Å². The van der Waals surface area contributed by atoms with Crippen molar-refractivity contribution in [1.29, 1.82) is 0 Å². The van der Waals surface area contributed by atoms with Crippen molar-refractivity contribution in [2.75, 3.05) is 37.6 Å². The van der Waals surface area contributed by atoms with E-state index in [1.165, 1.54) is 35.9 Å². The molecule has 1 amide bonds. The predicted molar refractivity (Wildman–Crippen MR) is 147 cm³/mol. The molecule has 36 heavy (non-hydrogen) atoms. The van der Waals surface area contributed by atoms with Crippen LogP contribution >= 0.6 is 11.5 Å².